The summed E-state index contributed by atoms with van der Waals surface area (Å²) in [6.45, 7) is 11.7. The topological polar surface area (TPSA) is 40.1 Å². The molecule has 1 unspecified atom stereocenters. The lowest BCUT2D eigenvalue weighted by Gasteiger charge is -2.29. The number of nitrogens with zero attached hydrogens (tertiary/aromatic N) is 3. The van der Waals surface area contributed by atoms with Crippen LogP contribution < -0.4 is 5.32 Å². The lowest BCUT2D eigenvalue weighted by Crippen LogP contribution is -2.40. The molecule has 0 radical (unpaired) electrons. The van der Waals surface area contributed by atoms with Gasteiger partial charge in [-0.25, -0.2) is 0 Å². The molecule has 5 nitrogen and oxygen atoms in total. The number of hydrogen-bond donors (Lipinski definition) is 1. The Labute approximate surface area is 180 Å². The first-order chi connectivity index (χ1) is 12.1. The molecular formula is C19H32ClIN4O. The van der Waals surface area contributed by atoms with Crippen LogP contribution in [-0.2, 0) is 11.3 Å². The quantitative estimate of drug-likeness (QED) is 0.359. The Morgan fingerprint density at radius 3 is 2.58 bits per heavy atom. The third kappa shape index (κ3) is 8.41. The van der Waals surface area contributed by atoms with E-state index in [-0.39, 0.29) is 24.0 Å². The molecule has 1 N–H and O–H groups in total. The molecule has 1 saturated heterocycles. The molecule has 26 heavy (non-hydrogen) atoms. The van der Waals surface area contributed by atoms with Crippen molar-refractivity contribution in [2.75, 3.05) is 53.0 Å². The van der Waals surface area contributed by atoms with Gasteiger partial charge in [0, 0.05) is 51.3 Å². The summed E-state index contributed by atoms with van der Waals surface area (Å²) in [4.78, 5) is 9.47. The summed E-state index contributed by atoms with van der Waals surface area (Å²) in [6.07, 6.45) is 0. The largest absolute Gasteiger partial charge is 0.379 e. The summed E-state index contributed by atoms with van der Waals surface area (Å²) >= 11 is 5.96. The van der Waals surface area contributed by atoms with Crippen molar-refractivity contribution in [1.29, 1.82) is 0 Å². The minimum absolute atomic E-state index is 0. The van der Waals surface area contributed by atoms with Crippen molar-refractivity contribution < 1.29 is 4.74 Å². The number of nitrogens with one attached hydrogen (secondary N) is 1. The lowest BCUT2D eigenvalue weighted by atomic mass is 10.1. The van der Waals surface area contributed by atoms with Gasteiger partial charge >= 0.3 is 0 Å². The maximum absolute atomic E-state index is 5.96. The Morgan fingerprint density at radius 1 is 1.31 bits per heavy atom. The van der Waals surface area contributed by atoms with Crippen LogP contribution in [-0.4, -0.2) is 68.7 Å². The highest BCUT2D eigenvalue weighted by Gasteiger charge is 2.14. The Hall–Kier alpha value is -0.570. The van der Waals surface area contributed by atoms with Gasteiger partial charge in [0.05, 0.1) is 13.2 Å². The molecule has 2 rings (SSSR count). The summed E-state index contributed by atoms with van der Waals surface area (Å²) in [5.74, 6) is 1.47. The van der Waals surface area contributed by atoms with E-state index in [2.05, 4.69) is 48.1 Å². The number of guanidine groups is 1. The van der Waals surface area contributed by atoms with E-state index in [0.717, 1.165) is 63.5 Å². The van der Waals surface area contributed by atoms with Crippen LogP contribution in [0.15, 0.2) is 29.3 Å². The standard InChI is InChI=1S/C19H31ClN4O.HI/c1-4-21-19(23(3)15-17-5-7-18(20)8-6-17)22-13-16(2)14-24-9-11-25-12-10-24;/h5-8,16H,4,9-15H2,1-3H3,(H,21,22);1H. The second kappa shape index (κ2) is 12.8. The number of hydrogen-bond acceptors (Lipinski definition) is 3. The molecule has 1 fully saturated rings. The number of halogens is 2. The Kier molecular flexibility index (Phi) is 11.5. The summed E-state index contributed by atoms with van der Waals surface area (Å²) in [5, 5.41) is 4.16. The first-order valence-corrected chi connectivity index (χ1v) is 9.50. The van der Waals surface area contributed by atoms with Gasteiger partial charge in [-0.15, -0.1) is 24.0 Å². The average molecular weight is 495 g/mol. The summed E-state index contributed by atoms with van der Waals surface area (Å²) in [7, 11) is 2.07. The van der Waals surface area contributed by atoms with E-state index in [1.807, 2.05) is 12.1 Å². The molecule has 1 aromatic rings. The van der Waals surface area contributed by atoms with Crippen LogP contribution in [0.5, 0.6) is 0 Å². The Morgan fingerprint density at radius 2 is 1.96 bits per heavy atom. The van der Waals surface area contributed by atoms with Crippen LogP contribution in [0.1, 0.15) is 19.4 Å². The van der Waals surface area contributed by atoms with Crippen LogP contribution in [0.2, 0.25) is 5.02 Å². The Balaban J connectivity index is 0.00000338. The molecule has 7 heteroatoms. The zero-order chi connectivity index (χ0) is 18.1. The zero-order valence-electron chi connectivity index (χ0n) is 16.1. The van der Waals surface area contributed by atoms with E-state index in [4.69, 9.17) is 21.3 Å². The summed E-state index contributed by atoms with van der Waals surface area (Å²) in [5.41, 5.74) is 1.22. The maximum Gasteiger partial charge on any atom is 0.193 e. The Bertz CT molecular complexity index is 535. The van der Waals surface area contributed by atoms with E-state index >= 15 is 0 Å². The number of ether oxygens (including phenoxy) is 1. The molecule has 1 atom stereocenters. The van der Waals surface area contributed by atoms with Crippen molar-refractivity contribution in [2.45, 2.75) is 20.4 Å². The lowest BCUT2D eigenvalue weighted by molar-refractivity contribution is 0.0323. The van der Waals surface area contributed by atoms with Gasteiger partial charge in [0.15, 0.2) is 5.96 Å². The molecule has 1 aliphatic heterocycles. The van der Waals surface area contributed by atoms with E-state index < -0.39 is 0 Å². The van der Waals surface area contributed by atoms with Crippen molar-refractivity contribution in [2.24, 2.45) is 10.9 Å². The summed E-state index contributed by atoms with van der Waals surface area (Å²) < 4.78 is 5.41. The molecule has 1 aromatic carbocycles. The molecule has 148 valence electrons. The highest BCUT2D eigenvalue weighted by Crippen LogP contribution is 2.11. The number of rotatable bonds is 7. The van der Waals surface area contributed by atoms with Crippen LogP contribution in [0.4, 0.5) is 0 Å². The second-order valence-electron chi connectivity index (χ2n) is 6.70. The first kappa shape index (κ1) is 23.5. The van der Waals surface area contributed by atoms with Crippen LogP contribution in [0, 0.1) is 5.92 Å². The number of aliphatic imine (C=N–C) groups is 1. The molecule has 0 aliphatic carbocycles. The van der Waals surface area contributed by atoms with Gasteiger partial charge in [-0.2, -0.15) is 0 Å². The molecule has 0 spiro atoms. The molecule has 0 saturated carbocycles. The van der Waals surface area contributed by atoms with Crippen LogP contribution >= 0.6 is 35.6 Å². The van der Waals surface area contributed by atoms with Gasteiger partial charge in [-0.3, -0.25) is 9.89 Å². The predicted molar refractivity (Wildman–Crippen MR) is 121 cm³/mol. The third-order valence-electron chi connectivity index (χ3n) is 4.26. The van der Waals surface area contributed by atoms with Crippen LogP contribution in [0.3, 0.4) is 0 Å². The van der Waals surface area contributed by atoms with E-state index in [1.54, 1.807) is 0 Å². The fourth-order valence-corrected chi connectivity index (χ4v) is 3.06. The van der Waals surface area contributed by atoms with Crippen LogP contribution in [0.25, 0.3) is 0 Å². The van der Waals surface area contributed by atoms with E-state index in [9.17, 15) is 0 Å². The summed E-state index contributed by atoms with van der Waals surface area (Å²) in [6, 6.07) is 7.98. The molecule has 1 heterocycles. The molecular weight excluding hydrogens is 463 g/mol. The average Bonchev–Trinajstić information content (AvgIpc) is 2.61. The smallest absolute Gasteiger partial charge is 0.193 e. The van der Waals surface area contributed by atoms with Crippen molar-refractivity contribution in [3.05, 3.63) is 34.9 Å². The SMILES string of the molecule is CCNC(=NCC(C)CN1CCOCC1)N(C)Cc1ccc(Cl)cc1.I. The van der Waals surface area contributed by atoms with E-state index in [0.29, 0.717) is 5.92 Å². The second-order valence-corrected chi connectivity index (χ2v) is 7.13. The minimum atomic E-state index is 0. The maximum atomic E-state index is 5.96. The highest BCUT2D eigenvalue weighted by molar-refractivity contribution is 14.0. The van der Waals surface area contributed by atoms with Crippen molar-refractivity contribution in [3.63, 3.8) is 0 Å². The van der Waals surface area contributed by atoms with Crippen molar-refractivity contribution >= 4 is 41.5 Å². The normalized spacial score (nSPS) is 16.7. The monoisotopic (exact) mass is 494 g/mol. The van der Waals surface area contributed by atoms with E-state index in [1.165, 1.54) is 5.56 Å². The van der Waals surface area contributed by atoms with Gasteiger partial charge < -0.3 is 15.0 Å². The fraction of sp³-hybridized carbons (Fsp3) is 0.632. The molecule has 0 aromatic heterocycles. The predicted octanol–water partition coefficient (Wildman–Crippen LogP) is 3.32. The zero-order valence-corrected chi connectivity index (χ0v) is 19.2. The third-order valence-corrected chi connectivity index (χ3v) is 4.51. The molecule has 0 bridgehead atoms. The van der Waals surface area contributed by atoms with Gasteiger partial charge in [0.1, 0.15) is 0 Å². The minimum Gasteiger partial charge on any atom is -0.379 e. The first-order valence-electron chi connectivity index (χ1n) is 9.12. The van der Waals surface area contributed by atoms with Gasteiger partial charge in [0.2, 0.25) is 0 Å². The number of morpholine rings is 1. The molecule has 1 aliphatic rings. The molecule has 0 amide bonds. The van der Waals surface area contributed by atoms with Gasteiger partial charge in [-0.05, 0) is 30.5 Å². The number of benzene rings is 1. The highest BCUT2D eigenvalue weighted by atomic mass is 127. The fourth-order valence-electron chi connectivity index (χ4n) is 2.93. The van der Waals surface area contributed by atoms with Gasteiger partial charge in [-0.1, -0.05) is 30.7 Å². The van der Waals surface area contributed by atoms with Crippen molar-refractivity contribution in [3.8, 4) is 0 Å². The van der Waals surface area contributed by atoms with Gasteiger partial charge in [0.25, 0.3) is 0 Å². The van der Waals surface area contributed by atoms with Crippen molar-refractivity contribution in [1.82, 2.24) is 15.1 Å².